The summed E-state index contributed by atoms with van der Waals surface area (Å²) in [4.78, 5) is 24.9. The minimum Gasteiger partial charge on any atom is -0.326 e. The zero-order valence-electron chi connectivity index (χ0n) is 19.1. The van der Waals surface area contributed by atoms with Crippen molar-refractivity contribution in [3.63, 3.8) is 0 Å². The molecule has 2 amide bonds. The number of sulfonamides is 1. The predicted octanol–water partition coefficient (Wildman–Crippen LogP) is 3.72. The molecule has 8 heteroatoms. The van der Waals surface area contributed by atoms with Crippen LogP contribution in [0.5, 0.6) is 0 Å². The maximum Gasteiger partial charge on any atom is 0.242 e. The van der Waals surface area contributed by atoms with Crippen LogP contribution < -0.4 is 15.4 Å². The predicted molar refractivity (Wildman–Crippen MR) is 132 cm³/mol. The molecule has 1 aliphatic heterocycles. The van der Waals surface area contributed by atoms with Crippen LogP contribution in [-0.4, -0.2) is 26.3 Å². The second kappa shape index (κ2) is 9.79. The lowest BCUT2D eigenvalue weighted by Crippen LogP contribution is -2.45. The molecule has 3 aromatic carbocycles. The monoisotopic (exact) mass is 477 g/mol. The number of nitrogens with one attached hydrogen (secondary N) is 3. The van der Waals surface area contributed by atoms with Crippen molar-refractivity contribution in [3.8, 4) is 0 Å². The van der Waals surface area contributed by atoms with Crippen molar-refractivity contribution in [2.75, 3.05) is 10.6 Å². The summed E-state index contributed by atoms with van der Waals surface area (Å²) >= 11 is 0. The Morgan fingerprint density at radius 1 is 0.971 bits per heavy atom. The quantitative estimate of drug-likeness (QED) is 0.482. The highest BCUT2D eigenvalue weighted by atomic mass is 32.2. The molecule has 0 fully saturated rings. The SMILES string of the molecule is Cc1cc(C)cc(NC(=O)C(Cc2ccccc2)NS(=O)(=O)c2ccc3c(c2)CCC(=O)N3)c1. The number of carbonyl (C=O) groups is 2. The first-order chi connectivity index (χ1) is 16.2. The summed E-state index contributed by atoms with van der Waals surface area (Å²) in [6.07, 6.45) is 0.960. The first kappa shape index (κ1) is 23.7. The Hall–Kier alpha value is -3.49. The largest absolute Gasteiger partial charge is 0.326 e. The zero-order valence-corrected chi connectivity index (χ0v) is 19.9. The molecule has 1 atom stereocenters. The van der Waals surface area contributed by atoms with Crippen LogP contribution in [0.3, 0.4) is 0 Å². The smallest absolute Gasteiger partial charge is 0.242 e. The normalized spacial score (nSPS) is 14.1. The number of fused-ring (bicyclic) bond motifs is 1. The highest BCUT2D eigenvalue weighted by Gasteiger charge is 2.27. The van der Waals surface area contributed by atoms with Crippen molar-refractivity contribution in [2.24, 2.45) is 0 Å². The van der Waals surface area contributed by atoms with Crippen molar-refractivity contribution in [1.82, 2.24) is 4.72 Å². The average molecular weight is 478 g/mol. The Morgan fingerprint density at radius 2 is 1.68 bits per heavy atom. The van der Waals surface area contributed by atoms with Crippen molar-refractivity contribution >= 4 is 33.2 Å². The maximum atomic E-state index is 13.3. The third-order valence-electron chi connectivity index (χ3n) is 5.67. The molecule has 4 rings (SSSR count). The number of hydrogen-bond donors (Lipinski definition) is 3. The van der Waals surface area contributed by atoms with Crippen molar-refractivity contribution in [3.05, 3.63) is 89.0 Å². The molecule has 3 aromatic rings. The van der Waals surface area contributed by atoms with Gasteiger partial charge in [0, 0.05) is 17.8 Å². The van der Waals surface area contributed by atoms with E-state index in [0.29, 0.717) is 24.2 Å². The van der Waals surface area contributed by atoms with Gasteiger partial charge in [-0.05, 0) is 79.3 Å². The van der Waals surface area contributed by atoms with E-state index in [4.69, 9.17) is 0 Å². The van der Waals surface area contributed by atoms with E-state index in [0.717, 1.165) is 22.3 Å². The third kappa shape index (κ3) is 5.70. The fraction of sp³-hybridized carbons (Fsp3) is 0.231. The van der Waals surface area contributed by atoms with Gasteiger partial charge in [0.1, 0.15) is 6.04 Å². The van der Waals surface area contributed by atoms with Gasteiger partial charge in [0.2, 0.25) is 21.8 Å². The van der Waals surface area contributed by atoms with Crippen molar-refractivity contribution in [1.29, 1.82) is 0 Å². The summed E-state index contributed by atoms with van der Waals surface area (Å²) in [7, 11) is -4.00. The van der Waals surface area contributed by atoms with E-state index in [-0.39, 0.29) is 17.2 Å². The number of aryl methyl sites for hydroxylation is 3. The molecule has 7 nitrogen and oxygen atoms in total. The van der Waals surface area contributed by atoms with E-state index in [1.54, 1.807) is 12.1 Å². The lowest BCUT2D eigenvalue weighted by atomic mass is 10.0. The minimum atomic E-state index is -4.00. The number of rotatable bonds is 7. The molecule has 34 heavy (non-hydrogen) atoms. The van der Waals surface area contributed by atoms with Gasteiger partial charge in [-0.1, -0.05) is 36.4 Å². The molecule has 0 aliphatic carbocycles. The van der Waals surface area contributed by atoms with Gasteiger partial charge in [-0.2, -0.15) is 4.72 Å². The minimum absolute atomic E-state index is 0.0552. The van der Waals surface area contributed by atoms with E-state index < -0.39 is 22.0 Å². The van der Waals surface area contributed by atoms with Gasteiger partial charge in [0.05, 0.1) is 4.90 Å². The first-order valence-corrected chi connectivity index (χ1v) is 12.6. The Labute approximate surface area is 199 Å². The summed E-state index contributed by atoms with van der Waals surface area (Å²) < 4.78 is 29.1. The Morgan fingerprint density at radius 3 is 2.38 bits per heavy atom. The molecule has 0 radical (unpaired) electrons. The molecule has 0 saturated heterocycles. The van der Waals surface area contributed by atoms with E-state index >= 15 is 0 Å². The molecule has 1 unspecified atom stereocenters. The number of amides is 2. The third-order valence-corrected chi connectivity index (χ3v) is 7.14. The Kier molecular flexibility index (Phi) is 6.81. The Bertz CT molecular complexity index is 1320. The standard InChI is InChI=1S/C26H27N3O4S/c1-17-12-18(2)14-21(13-17)27-26(31)24(15-19-6-4-3-5-7-19)29-34(32,33)22-9-10-23-20(16-22)8-11-25(30)28-23/h3-7,9-10,12-14,16,24,29H,8,11,15H2,1-2H3,(H,27,31)(H,28,30). The lowest BCUT2D eigenvalue weighted by Gasteiger charge is -2.21. The topological polar surface area (TPSA) is 104 Å². The lowest BCUT2D eigenvalue weighted by molar-refractivity contribution is -0.118. The molecule has 1 heterocycles. The van der Waals surface area contributed by atoms with Crippen LogP contribution >= 0.6 is 0 Å². The van der Waals surface area contributed by atoms with Crippen LogP contribution in [0.15, 0.2) is 71.6 Å². The molecule has 0 saturated carbocycles. The summed E-state index contributed by atoms with van der Waals surface area (Å²) in [5.41, 5.74) is 4.81. The van der Waals surface area contributed by atoms with Gasteiger partial charge < -0.3 is 10.6 Å². The summed E-state index contributed by atoms with van der Waals surface area (Å²) in [5, 5.41) is 5.61. The Balaban J connectivity index is 1.60. The van der Waals surface area contributed by atoms with Crippen LogP contribution in [0, 0.1) is 13.8 Å². The summed E-state index contributed by atoms with van der Waals surface area (Å²) in [6, 6.07) is 18.5. The van der Waals surface area contributed by atoms with Crippen LogP contribution in [0.4, 0.5) is 11.4 Å². The molecule has 0 aromatic heterocycles. The molecule has 0 bridgehead atoms. The second-order valence-electron chi connectivity index (χ2n) is 8.60. The van der Waals surface area contributed by atoms with Crippen LogP contribution in [-0.2, 0) is 32.5 Å². The van der Waals surface area contributed by atoms with Gasteiger partial charge in [0.15, 0.2) is 0 Å². The van der Waals surface area contributed by atoms with Gasteiger partial charge in [-0.3, -0.25) is 9.59 Å². The van der Waals surface area contributed by atoms with Gasteiger partial charge in [-0.25, -0.2) is 8.42 Å². The molecule has 3 N–H and O–H groups in total. The molecule has 0 spiro atoms. The van der Waals surface area contributed by atoms with Crippen molar-refractivity contribution in [2.45, 2.75) is 44.0 Å². The maximum absolute atomic E-state index is 13.3. The van der Waals surface area contributed by atoms with Crippen molar-refractivity contribution < 1.29 is 18.0 Å². The van der Waals surface area contributed by atoms with Gasteiger partial charge >= 0.3 is 0 Å². The number of hydrogen-bond acceptors (Lipinski definition) is 4. The first-order valence-electron chi connectivity index (χ1n) is 11.1. The fourth-order valence-corrected chi connectivity index (χ4v) is 5.34. The van der Waals surface area contributed by atoms with E-state index in [1.165, 1.54) is 6.07 Å². The average Bonchev–Trinajstić information content (AvgIpc) is 2.78. The number of anilines is 2. The van der Waals surface area contributed by atoms with Crippen LogP contribution in [0.1, 0.15) is 28.7 Å². The number of carbonyl (C=O) groups excluding carboxylic acids is 2. The molecular formula is C26H27N3O4S. The number of benzene rings is 3. The van der Waals surface area contributed by atoms with E-state index in [1.807, 2.05) is 62.4 Å². The van der Waals surface area contributed by atoms with Gasteiger partial charge in [-0.15, -0.1) is 0 Å². The molecular weight excluding hydrogens is 450 g/mol. The molecule has 176 valence electrons. The van der Waals surface area contributed by atoms with Gasteiger partial charge in [0.25, 0.3) is 0 Å². The van der Waals surface area contributed by atoms with Crippen LogP contribution in [0.2, 0.25) is 0 Å². The van der Waals surface area contributed by atoms with Crippen LogP contribution in [0.25, 0.3) is 0 Å². The highest BCUT2D eigenvalue weighted by molar-refractivity contribution is 7.89. The zero-order chi connectivity index (χ0) is 24.3. The van der Waals surface area contributed by atoms with E-state index in [9.17, 15) is 18.0 Å². The fourth-order valence-electron chi connectivity index (χ4n) is 4.10. The highest BCUT2D eigenvalue weighted by Crippen LogP contribution is 2.26. The van der Waals surface area contributed by atoms with E-state index in [2.05, 4.69) is 15.4 Å². The summed E-state index contributed by atoms with van der Waals surface area (Å²) in [6.45, 7) is 3.87. The molecule has 1 aliphatic rings. The summed E-state index contributed by atoms with van der Waals surface area (Å²) in [5.74, 6) is -0.533. The second-order valence-corrected chi connectivity index (χ2v) is 10.3.